The lowest BCUT2D eigenvalue weighted by Crippen LogP contribution is -2.24. The summed E-state index contributed by atoms with van der Waals surface area (Å²) >= 11 is 0. The number of benzene rings is 1. The van der Waals surface area contributed by atoms with E-state index >= 15 is 0 Å². The minimum atomic E-state index is -0.0939. The third kappa shape index (κ3) is 5.54. The van der Waals surface area contributed by atoms with Crippen molar-refractivity contribution in [2.75, 3.05) is 6.54 Å². The second kappa shape index (κ2) is 8.87. The van der Waals surface area contributed by atoms with Gasteiger partial charge in [0.25, 0.3) is 5.56 Å². The molecule has 4 heteroatoms. The van der Waals surface area contributed by atoms with E-state index in [1.54, 1.807) is 22.8 Å². The van der Waals surface area contributed by atoms with E-state index in [0.29, 0.717) is 13.1 Å². The highest BCUT2D eigenvalue weighted by Gasteiger charge is 1.99. The molecule has 1 amide bonds. The zero-order valence-corrected chi connectivity index (χ0v) is 14.3. The Kier molecular flexibility index (Phi) is 6.55. The van der Waals surface area contributed by atoms with E-state index in [1.165, 1.54) is 5.56 Å². The third-order valence-electron chi connectivity index (χ3n) is 3.88. The Morgan fingerprint density at radius 3 is 2.54 bits per heavy atom. The highest BCUT2D eigenvalue weighted by Crippen LogP contribution is 2.04. The van der Waals surface area contributed by atoms with Crippen LogP contribution in [0.5, 0.6) is 0 Å². The Hall–Kier alpha value is -2.62. The summed E-state index contributed by atoms with van der Waals surface area (Å²) in [5.74, 6) is -0.0939. The SMILES string of the molecule is Cc1ccc(/C=C/C(=O)NCCCCn2c(C)cccc2=O)cc1. The summed E-state index contributed by atoms with van der Waals surface area (Å²) in [6, 6.07) is 13.3. The molecule has 24 heavy (non-hydrogen) atoms. The van der Waals surface area contributed by atoms with Crippen LogP contribution in [0, 0.1) is 13.8 Å². The predicted octanol–water partition coefficient (Wildman–Crippen LogP) is 3.07. The number of nitrogens with one attached hydrogen (secondary N) is 1. The van der Waals surface area contributed by atoms with Gasteiger partial charge in [0.05, 0.1) is 0 Å². The van der Waals surface area contributed by atoms with Gasteiger partial charge in [0.2, 0.25) is 5.91 Å². The van der Waals surface area contributed by atoms with Gasteiger partial charge in [0, 0.05) is 30.9 Å². The molecule has 126 valence electrons. The Morgan fingerprint density at radius 2 is 1.83 bits per heavy atom. The monoisotopic (exact) mass is 324 g/mol. The van der Waals surface area contributed by atoms with Crippen LogP contribution in [-0.4, -0.2) is 17.0 Å². The summed E-state index contributed by atoms with van der Waals surface area (Å²) in [5.41, 5.74) is 3.20. The number of hydrogen-bond acceptors (Lipinski definition) is 2. The average molecular weight is 324 g/mol. The van der Waals surface area contributed by atoms with Crippen molar-refractivity contribution in [1.82, 2.24) is 9.88 Å². The van der Waals surface area contributed by atoms with Crippen LogP contribution in [0.1, 0.15) is 29.7 Å². The van der Waals surface area contributed by atoms with Crippen molar-refractivity contribution in [2.45, 2.75) is 33.2 Å². The maximum absolute atomic E-state index is 11.8. The molecule has 4 nitrogen and oxygen atoms in total. The molecule has 0 saturated carbocycles. The Morgan fingerprint density at radius 1 is 1.08 bits per heavy atom. The molecule has 1 heterocycles. The lowest BCUT2D eigenvalue weighted by atomic mass is 10.1. The number of carbonyl (C=O) groups excluding carboxylic acids is 1. The molecule has 0 aliphatic rings. The van der Waals surface area contributed by atoms with Crippen LogP contribution >= 0.6 is 0 Å². The van der Waals surface area contributed by atoms with E-state index < -0.39 is 0 Å². The molecule has 0 saturated heterocycles. The first-order valence-corrected chi connectivity index (χ1v) is 8.25. The maximum Gasteiger partial charge on any atom is 0.250 e. The Balaban J connectivity index is 1.69. The molecule has 1 N–H and O–H groups in total. The predicted molar refractivity (Wildman–Crippen MR) is 97.9 cm³/mol. The van der Waals surface area contributed by atoms with E-state index in [2.05, 4.69) is 5.32 Å². The van der Waals surface area contributed by atoms with Crippen molar-refractivity contribution in [3.05, 3.63) is 75.7 Å². The van der Waals surface area contributed by atoms with Crippen LogP contribution in [0.25, 0.3) is 6.08 Å². The van der Waals surface area contributed by atoms with Gasteiger partial charge in [-0.1, -0.05) is 35.9 Å². The van der Waals surface area contributed by atoms with Crippen molar-refractivity contribution in [2.24, 2.45) is 0 Å². The lowest BCUT2D eigenvalue weighted by molar-refractivity contribution is -0.116. The zero-order valence-electron chi connectivity index (χ0n) is 14.3. The van der Waals surface area contributed by atoms with Crippen LogP contribution in [0.15, 0.2) is 53.3 Å². The lowest BCUT2D eigenvalue weighted by Gasteiger charge is -2.09. The van der Waals surface area contributed by atoms with Gasteiger partial charge in [0.1, 0.15) is 0 Å². The van der Waals surface area contributed by atoms with E-state index in [9.17, 15) is 9.59 Å². The number of rotatable bonds is 7. The zero-order chi connectivity index (χ0) is 17.4. The van der Waals surface area contributed by atoms with Gasteiger partial charge in [-0.25, -0.2) is 0 Å². The Labute approximate surface area is 142 Å². The molecule has 2 rings (SSSR count). The molecular weight excluding hydrogens is 300 g/mol. The molecule has 1 aromatic heterocycles. The summed E-state index contributed by atoms with van der Waals surface area (Å²) in [5, 5.41) is 2.87. The fraction of sp³-hybridized carbons (Fsp3) is 0.300. The van der Waals surface area contributed by atoms with Crippen LogP contribution in [0.2, 0.25) is 0 Å². The Bertz CT molecular complexity index is 758. The van der Waals surface area contributed by atoms with Crippen LogP contribution < -0.4 is 10.9 Å². The maximum atomic E-state index is 11.8. The van der Waals surface area contributed by atoms with Gasteiger partial charge < -0.3 is 9.88 Å². The van der Waals surface area contributed by atoms with E-state index in [-0.39, 0.29) is 11.5 Å². The van der Waals surface area contributed by atoms with E-state index in [0.717, 1.165) is 24.1 Å². The molecule has 2 aromatic rings. The first-order chi connectivity index (χ1) is 11.6. The summed E-state index contributed by atoms with van der Waals surface area (Å²) in [7, 11) is 0. The number of nitrogens with zero attached hydrogens (tertiary/aromatic N) is 1. The first kappa shape index (κ1) is 17.7. The highest BCUT2D eigenvalue weighted by atomic mass is 16.1. The molecule has 0 spiro atoms. The first-order valence-electron chi connectivity index (χ1n) is 8.25. The second-order valence-corrected chi connectivity index (χ2v) is 5.90. The summed E-state index contributed by atoms with van der Waals surface area (Å²) in [6.07, 6.45) is 5.05. The minimum absolute atomic E-state index is 0.0278. The standard InChI is InChI=1S/C20H24N2O2/c1-16-8-10-18(11-9-16)12-13-19(23)21-14-3-4-15-22-17(2)6-5-7-20(22)24/h5-13H,3-4,14-15H2,1-2H3,(H,21,23)/b13-12+. The third-order valence-corrected chi connectivity index (χ3v) is 3.88. The van der Waals surface area contributed by atoms with Crippen LogP contribution in [0.4, 0.5) is 0 Å². The van der Waals surface area contributed by atoms with Crippen molar-refractivity contribution in [3.63, 3.8) is 0 Å². The highest BCUT2D eigenvalue weighted by molar-refractivity contribution is 5.91. The number of amides is 1. The molecule has 0 aliphatic carbocycles. The topological polar surface area (TPSA) is 51.1 Å². The van der Waals surface area contributed by atoms with Crippen molar-refractivity contribution in [1.29, 1.82) is 0 Å². The van der Waals surface area contributed by atoms with Gasteiger partial charge >= 0.3 is 0 Å². The van der Waals surface area contributed by atoms with Crippen molar-refractivity contribution >= 4 is 12.0 Å². The van der Waals surface area contributed by atoms with Gasteiger partial charge in [-0.05, 0) is 44.4 Å². The van der Waals surface area contributed by atoms with E-state index in [1.807, 2.05) is 50.3 Å². The van der Waals surface area contributed by atoms with Gasteiger partial charge in [-0.3, -0.25) is 9.59 Å². The van der Waals surface area contributed by atoms with Crippen LogP contribution in [0.3, 0.4) is 0 Å². The normalized spacial score (nSPS) is 10.9. The largest absolute Gasteiger partial charge is 0.353 e. The fourth-order valence-electron chi connectivity index (χ4n) is 2.42. The number of aryl methyl sites for hydroxylation is 2. The number of pyridine rings is 1. The number of aromatic nitrogens is 1. The smallest absolute Gasteiger partial charge is 0.250 e. The summed E-state index contributed by atoms with van der Waals surface area (Å²) in [4.78, 5) is 23.5. The van der Waals surface area contributed by atoms with Crippen molar-refractivity contribution < 1.29 is 4.79 Å². The minimum Gasteiger partial charge on any atom is -0.353 e. The molecule has 0 unspecified atom stereocenters. The second-order valence-electron chi connectivity index (χ2n) is 5.90. The van der Waals surface area contributed by atoms with E-state index in [4.69, 9.17) is 0 Å². The van der Waals surface area contributed by atoms with Crippen molar-refractivity contribution in [3.8, 4) is 0 Å². The molecule has 0 radical (unpaired) electrons. The molecular formula is C20H24N2O2. The molecule has 0 atom stereocenters. The van der Waals surface area contributed by atoms with Crippen LogP contribution in [-0.2, 0) is 11.3 Å². The molecule has 0 fully saturated rings. The summed E-state index contributed by atoms with van der Waals surface area (Å²) < 4.78 is 1.76. The average Bonchev–Trinajstić information content (AvgIpc) is 2.56. The molecule has 0 aliphatic heterocycles. The van der Waals surface area contributed by atoms with Gasteiger partial charge in [0.15, 0.2) is 0 Å². The molecule has 1 aromatic carbocycles. The van der Waals surface area contributed by atoms with Gasteiger partial charge in [-0.15, -0.1) is 0 Å². The van der Waals surface area contributed by atoms with Gasteiger partial charge in [-0.2, -0.15) is 0 Å². The molecule has 0 bridgehead atoms. The number of carbonyl (C=O) groups is 1. The number of hydrogen-bond donors (Lipinski definition) is 1. The number of unbranched alkanes of at least 4 members (excludes halogenated alkanes) is 1. The quantitative estimate of drug-likeness (QED) is 0.628. The fourth-order valence-corrected chi connectivity index (χ4v) is 2.42. The summed E-state index contributed by atoms with van der Waals surface area (Å²) in [6.45, 7) is 5.25.